The number of nitrogens with one attached hydrogen (secondary N) is 1. The molecule has 0 aliphatic rings. The topological polar surface area (TPSA) is 104 Å². The number of rotatable bonds is 4. The standard InChI is InChI=1S/C17H12ClN3O3S/c1-25(23,24)15-8-10(6-7-12(15)18)16(22)11(9-19)17-20-13-4-2-3-5-14(13)21-17/h2-8,11H,1H3,(H,20,21). The molecular weight excluding hydrogens is 362 g/mol. The highest BCUT2D eigenvalue weighted by Crippen LogP contribution is 2.26. The van der Waals surface area contributed by atoms with Crippen molar-refractivity contribution < 1.29 is 13.2 Å². The average molecular weight is 374 g/mol. The number of nitriles is 1. The predicted octanol–water partition coefficient (Wildman–Crippen LogP) is 3.11. The summed E-state index contributed by atoms with van der Waals surface area (Å²) in [5.41, 5.74) is 1.42. The van der Waals surface area contributed by atoms with Gasteiger partial charge in [0.1, 0.15) is 5.82 Å². The van der Waals surface area contributed by atoms with E-state index in [1.54, 1.807) is 18.2 Å². The number of H-pyrrole nitrogens is 1. The van der Waals surface area contributed by atoms with Crippen molar-refractivity contribution in [3.63, 3.8) is 0 Å². The zero-order chi connectivity index (χ0) is 18.2. The molecule has 0 fully saturated rings. The number of hydrogen-bond donors (Lipinski definition) is 1. The lowest BCUT2D eigenvalue weighted by atomic mass is 9.98. The molecule has 1 aromatic heterocycles. The zero-order valence-electron chi connectivity index (χ0n) is 13.0. The molecule has 0 aliphatic heterocycles. The molecule has 0 radical (unpaired) electrons. The SMILES string of the molecule is CS(=O)(=O)c1cc(C(=O)C(C#N)c2nc3ccccc3[nH]2)ccc1Cl. The Morgan fingerprint density at radius 2 is 2.00 bits per heavy atom. The molecule has 0 amide bonds. The largest absolute Gasteiger partial charge is 0.340 e. The minimum Gasteiger partial charge on any atom is -0.340 e. The maximum atomic E-state index is 12.7. The summed E-state index contributed by atoms with van der Waals surface area (Å²) in [6.07, 6.45) is 1.00. The fourth-order valence-electron chi connectivity index (χ4n) is 2.46. The summed E-state index contributed by atoms with van der Waals surface area (Å²) in [4.78, 5) is 19.8. The van der Waals surface area contributed by atoms with Gasteiger partial charge in [-0.3, -0.25) is 4.79 Å². The van der Waals surface area contributed by atoms with Crippen LogP contribution in [0, 0.1) is 11.3 Å². The van der Waals surface area contributed by atoms with Gasteiger partial charge in [-0.15, -0.1) is 0 Å². The van der Waals surface area contributed by atoms with Crippen LogP contribution < -0.4 is 0 Å². The van der Waals surface area contributed by atoms with Gasteiger partial charge in [-0.2, -0.15) is 5.26 Å². The highest BCUT2D eigenvalue weighted by Gasteiger charge is 2.26. The number of para-hydroxylation sites is 2. The number of fused-ring (bicyclic) bond motifs is 1. The molecule has 0 saturated carbocycles. The van der Waals surface area contributed by atoms with E-state index in [-0.39, 0.29) is 21.3 Å². The molecule has 1 atom stereocenters. The number of ketones is 1. The molecule has 1 N–H and O–H groups in total. The van der Waals surface area contributed by atoms with Gasteiger partial charge in [0.25, 0.3) is 0 Å². The van der Waals surface area contributed by atoms with Gasteiger partial charge in [0.2, 0.25) is 0 Å². The van der Waals surface area contributed by atoms with Gasteiger partial charge in [0.05, 0.1) is 27.0 Å². The van der Waals surface area contributed by atoms with Crippen molar-refractivity contribution in [2.45, 2.75) is 10.8 Å². The molecule has 1 unspecified atom stereocenters. The molecule has 0 spiro atoms. The molecule has 8 heteroatoms. The van der Waals surface area contributed by atoms with Gasteiger partial charge < -0.3 is 4.98 Å². The number of sulfone groups is 1. The van der Waals surface area contributed by atoms with E-state index in [4.69, 9.17) is 11.6 Å². The number of nitrogens with zero attached hydrogens (tertiary/aromatic N) is 2. The number of carbonyl (C=O) groups is 1. The molecule has 1 heterocycles. The Hall–Kier alpha value is -2.69. The molecule has 0 saturated heterocycles. The van der Waals surface area contributed by atoms with Crippen molar-refractivity contribution >= 4 is 38.3 Å². The minimum atomic E-state index is -3.60. The molecule has 6 nitrogen and oxygen atoms in total. The van der Waals surface area contributed by atoms with Crippen LogP contribution in [0.15, 0.2) is 47.4 Å². The Morgan fingerprint density at radius 3 is 2.64 bits per heavy atom. The number of aromatic nitrogens is 2. The van der Waals surface area contributed by atoms with Crippen molar-refractivity contribution in [2.24, 2.45) is 0 Å². The summed E-state index contributed by atoms with van der Waals surface area (Å²) in [5, 5.41) is 9.47. The summed E-state index contributed by atoms with van der Waals surface area (Å²) >= 11 is 5.90. The van der Waals surface area contributed by atoms with E-state index in [2.05, 4.69) is 9.97 Å². The van der Waals surface area contributed by atoms with Crippen LogP contribution in [0.2, 0.25) is 5.02 Å². The lowest BCUT2D eigenvalue weighted by Gasteiger charge is -2.08. The van der Waals surface area contributed by atoms with Crippen LogP contribution in [0.5, 0.6) is 0 Å². The van der Waals surface area contributed by atoms with E-state index in [1.807, 2.05) is 12.1 Å². The van der Waals surface area contributed by atoms with Gasteiger partial charge in [0.15, 0.2) is 21.5 Å². The quantitative estimate of drug-likeness (QED) is 0.707. The Kier molecular flexibility index (Phi) is 4.33. The summed E-state index contributed by atoms with van der Waals surface area (Å²) in [6.45, 7) is 0. The normalized spacial score (nSPS) is 12.7. The van der Waals surface area contributed by atoms with Crippen LogP contribution in [-0.2, 0) is 9.84 Å². The van der Waals surface area contributed by atoms with Crippen LogP contribution in [0.4, 0.5) is 0 Å². The van der Waals surface area contributed by atoms with Gasteiger partial charge >= 0.3 is 0 Å². The van der Waals surface area contributed by atoms with E-state index in [1.165, 1.54) is 18.2 Å². The monoisotopic (exact) mass is 373 g/mol. The number of carbonyl (C=O) groups excluding carboxylic acids is 1. The van der Waals surface area contributed by atoms with Crippen molar-refractivity contribution in [1.29, 1.82) is 5.26 Å². The lowest BCUT2D eigenvalue weighted by molar-refractivity contribution is 0.0976. The summed E-state index contributed by atoms with van der Waals surface area (Å²) in [7, 11) is -3.60. The Morgan fingerprint density at radius 1 is 1.28 bits per heavy atom. The molecule has 0 aliphatic carbocycles. The smallest absolute Gasteiger partial charge is 0.187 e. The van der Waals surface area contributed by atoms with E-state index in [0.29, 0.717) is 11.0 Å². The maximum Gasteiger partial charge on any atom is 0.187 e. The third-order valence-electron chi connectivity index (χ3n) is 3.69. The van der Waals surface area contributed by atoms with Gasteiger partial charge in [-0.1, -0.05) is 23.7 Å². The second-order valence-electron chi connectivity index (χ2n) is 5.48. The van der Waals surface area contributed by atoms with Crippen LogP contribution >= 0.6 is 11.6 Å². The second-order valence-corrected chi connectivity index (χ2v) is 7.87. The molecular formula is C17H12ClN3O3S. The molecule has 0 bridgehead atoms. The van der Waals surface area contributed by atoms with E-state index < -0.39 is 21.5 Å². The van der Waals surface area contributed by atoms with Crippen molar-refractivity contribution in [3.05, 3.63) is 58.9 Å². The molecule has 126 valence electrons. The number of halogens is 1. The highest BCUT2D eigenvalue weighted by molar-refractivity contribution is 7.90. The van der Waals surface area contributed by atoms with Crippen LogP contribution in [0.1, 0.15) is 22.1 Å². The first kappa shape index (κ1) is 17.1. The average Bonchev–Trinajstić information content (AvgIpc) is 2.98. The summed E-state index contributed by atoms with van der Waals surface area (Å²) in [5.74, 6) is -1.52. The first-order valence-corrected chi connectivity index (χ1v) is 9.46. The Bertz CT molecular complexity index is 1100. The van der Waals surface area contributed by atoms with Crippen molar-refractivity contribution in [3.8, 4) is 6.07 Å². The van der Waals surface area contributed by atoms with Crippen LogP contribution in [0.25, 0.3) is 11.0 Å². The Balaban J connectivity index is 2.05. The van der Waals surface area contributed by atoms with Crippen LogP contribution in [0.3, 0.4) is 0 Å². The third-order valence-corrected chi connectivity index (χ3v) is 5.27. The minimum absolute atomic E-state index is 0.0243. The first-order valence-electron chi connectivity index (χ1n) is 7.19. The molecule has 3 rings (SSSR count). The predicted molar refractivity (Wildman–Crippen MR) is 93.3 cm³/mol. The highest BCUT2D eigenvalue weighted by atomic mass is 35.5. The van der Waals surface area contributed by atoms with Gasteiger partial charge in [-0.05, 0) is 30.3 Å². The van der Waals surface area contributed by atoms with Crippen molar-refractivity contribution in [2.75, 3.05) is 6.26 Å². The van der Waals surface area contributed by atoms with Gasteiger partial charge in [0, 0.05) is 11.8 Å². The van der Waals surface area contributed by atoms with Crippen LogP contribution in [-0.4, -0.2) is 30.4 Å². The van der Waals surface area contributed by atoms with E-state index in [0.717, 1.165) is 6.26 Å². The second kappa shape index (κ2) is 6.31. The number of hydrogen-bond acceptors (Lipinski definition) is 5. The molecule has 3 aromatic rings. The van der Waals surface area contributed by atoms with E-state index >= 15 is 0 Å². The fraction of sp³-hybridized carbons (Fsp3) is 0.118. The summed E-state index contributed by atoms with van der Waals surface area (Å²) in [6, 6.07) is 13.0. The van der Waals surface area contributed by atoms with Crippen molar-refractivity contribution in [1.82, 2.24) is 9.97 Å². The Labute approximate surface area is 149 Å². The fourth-order valence-corrected chi connectivity index (χ4v) is 3.76. The lowest BCUT2D eigenvalue weighted by Crippen LogP contribution is -2.13. The third kappa shape index (κ3) is 3.27. The molecule has 2 aromatic carbocycles. The maximum absolute atomic E-state index is 12.7. The van der Waals surface area contributed by atoms with Gasteiger partial charge in [-0.25, -0.2) is 13.4 Å². The first-order chi connectivity index (χ1) is 11.8. The van der Waals surface area contributed by atoms with E-state index in [9.17, 15) is 18.5 Å². The molecule has 25 heavy (non-hydrogen) atoms. The number of Topliss-reactive ketones (excluding diaryl/α,β-unsaturated/α-hetero) is 1. The number of imidazole rings is 1. The number of aromatic amines is 1. The zero-order valence-corrected chi connectivity index (χ0v) is 14.6. The summed E-state index contributed by atoms with van der Waals surface area (Å²) < 4.78 is 23.6. The number of benzene rings is 2.